The van der Waals surface area contributed by atoms with Crippen molar-refractivity contribution in [2.24, 2.45) is 4.99 Å². The van der Waals surface area contributed by atoms with Crippen LogP contribution in [0.1, 0.15) is 19.4 Å². The lowest BCUT2D eigenvalue weighted by molar-refractivity contribution is -0.144. The van der Waals surface area contributed by atoms with E-state index in [2.05, 4.69) is 4.99 Å². The first-order valence-electron chi connectivity index (χ1n) is 7.61. The van der Waals surface area contributed by atoms with Crippen LogP contribution in [-0.2, 0) is 19.1 Å². The number of rotatable bonds is 6. The first-order chi connectivity index (χ1) is 11.6. The number of nitrogens with zero attached hydrogens (tertiary/aromatic N) is 1. The second-order valence-corrected chi connectivity index (χ2v) is 5.83. The summed E-state index contributed by atoms with van der Waals surface area (Å²) in [6.07, 6.45) is 0. The van der Waals surface area contributed by atoms with Crippen LogP contribution >= 0.6 is 11.8 Å². The number of aliphatic hydroxyl groups is 1. The van der Waals surface area contributed by atoms with E-state index in [-0.39, 0.29) is 29.6 Å². The summed E-state index contributed by atoms with van der Waals surface area (Å²) in [5, 5.41) is 10.8. The Balaban J connectivity index is 2.39. The lowest BCUT2D eigenvalue weighted by Gasteiger charge is -2.10. The Morgan fingerprint density at radius 3 is 2.50 bits per heavy atom. The fraction of sp³-hybridized carbons (Fsp3) is 0.353. The highest BCUT2D eigenvalue weighted by molar-refractivity contribution is 8.14. The summed E-state index contributed by atoms with van der Waals surface area (Å²) >= 11 is 1.22. The summed E-state index contributed by atoms with van der Waals surface area (Å²) < 4.78 is 9.99. The molecular weight excluding hydrogens is 330 g/mol. The van der Waals surface area contributed by atoms with Crippen molar-refractivity contribution in [3.63, 3.8) is 0 Å². The minimum absolute atomic E-state index is 0.0279. The van der Waals surface area contributed by atoms with Crippen molar-refractivity contribution < 1.29 is 24.2 Å². The normalized spacial score (nSPS) is 17.8. The van der Waals surface area contributed by atoms with E-state index < -0.39 is 18.0 Å². The summed E-state index contributed by atoms with van der Waals surface area (Å²) in [6, 6.07) is 7.98. The molecule has 0 spiro atoms. The average Bonchev–Trinajstić information content (AvgIpc) is 3.06. The van der Waals surface area contributed by atoms with E-state index in [1.165, 1.54) is 11.8 Å². The van der Waals surface area contributed by atoms with E-state index in [0.29, 0.717) is 11.3 Å². The molecule has 6 nitrogen and oxygen atoms in total. The summed E-state index contributed by atoms with van der Waals surface area (Å²) in [5.41, 5.74) is 0.447. The maximum atomic E-state index is 12.3. The van der Waals surface area contributed by atoms with E-state index in [9.17, 15) is 14.7 Å². The van der Waals surface area contributed by atoms with Gasteiger partial charge in [0.05, 0.1) is 13.2 Å². The van der Waals surface area contributed by atoms with Gasteiger partial charge in [0.2, 0.25) is 0 Å². The van der Waals surface area contributed by atoms with Crippen LogP contribution in [0.5, 0.6) is 0 Å². The fourth-order valence-corrected chi connectivity index (χ4v) is 3.15. The number of ether oxygens (including phenoxy) is 2. The highest BCUT2D eigenvalue weighted by atomic mass is 32.2. The van der Waals surface area contributed by atoms with Crippen molar-refractivity contribution >= 4 is 34.5 Å². The Hall–Kier alpha value is -2.28. The van der Waals surface area contributed by atoms with E-state index in [0.717, 1.165) is 0 Å². The van der Waals surface area contributed by atoms with Crippen LogP contribution in [0.4, 0.5) is 0 Å². The maximum absolute atomic E-state index is 12.3. The largest absolute Gasteiger partial charge is 0.506 e. The Kier molecular flexibility index (Phi) is 6.43. The molecule has 2 rings (SSSR count). The molecule has 0 aliphatic carbocycles. The van der Waals surface area contributed by atoms with Gasteiger partial charge in [-0.3, -0.25) is 4.99 Å². The van der Waals surface area contributed by atoms with Crippen molar-refractivity contribution in [2.75, 3.05) is 19.0 Å². The topological polar surface area (TPSA) is 85.2 Å². The van der Waals surface area contributed by atoms with Crippen LogP contribution in [0.3, 0.4) is 0 Å². The van der Waals surface area contributed by atoms with Gasteiger partial charge in [0, 0.05) is 11.3 Å². The molecule has 7 heteroatoms. The molecule has 1 aliphatic rings. The van der Waals surface area contributed by atoms with Crippen LogP contribution < -0.4 is 0 Å². The van der Waals surface area contributed by atoms with Crippen molar-refractivity contribution in [1.82, 2.24) is 0 Å². The van der Waals surface area contributed by atoms with Crippen molar-refractivity contribution in [3.8, 4) is 0 Å². The van der Waals surface area contributed by atoms with Gasteiger partial charge < -0.3 is 14.6 Å². The Labute approximate surface area is 144 Å². The lowest BCUT2D eigenvalue weighted by atomic mass is 10.1. The Morgan fingerprint density at radius 1 is 1.21 bits per heavy atom. The third-order valence-electron chi connectivity index (χ3n) is 3.19. The van der Waals surface area contributed by atoms with Gasteiger partial charge in [-0.15, -0.1) is 11.8 Å². The van der Waals surface area contributed by atoms with Crippen molar-refractivity contribution in [2.45, 2.75) is 19.9 Å². The van der Waals surface area contributed by atoms with E-state index in [1.807, 2.05) is 0 Å². The molecule has 1 unspecified atom stereocenters. The van der Waals surface area contributed by atoms with Gasteiger partial charge in [-0.25, -0.2) is 9.59 Å². The molecular formula is C17H19NO5S. The first kappa shape index (κ1) is 18.1. The zero-order valence-electron chi connectivity index (χ0n) is 13.5. The van der Waals surface area contributed by atoms with Crippen molar-refractivity contribution in [3.05, 3.63) is 41.5 Å². The first-order valence-corrected chi connectivity index (χ1v) is 8.60. The number of carbonyl (C=O) groups is 2. The average molecular weight is 349 g/mol. The zero-order chi connectivity index (χ0) is 17.5. The molecule has 0 saturated heterocycles. The number of hydrogen-bond donors (Lipinski definition) is 1. The summed E-state index contributed by atoms with van der Waals surface area (Å²) in [4.78, 5) is 28.4. The number of benzene rings is 1. The highest BCUT2D eigenvalue weighted by Crippen LogP contribution is 2.29. The molecule has 1 atom stereocenters. The third kappa shape index (κ3) is 4.17. The maximum Gasteiger partial charge on any atom is 0.344 e. The van der Waals surface area contributed by atoms with Gasteiger partial charge in [0.15, 0.2) is 6.04 Å². The molecule has 1 aromatic carbocycles. The number of thioether (sulfide) groups is 1. The molecule has 128 valence electrons. The van der Waals surface area contributed by atoms with Crippen LogP contribution in [0.2, 0.25) is 0 Å². The van der Waals surface area contributed by atoms with Crippen LogP contribution in [0.25, 0.3) is 5.76 Å². The molecule has 0 saturated carbocycles. The van der Waals surface area contributed by atoms with E-state index in [1.54, 1.807) is 44.2 Å². The second-order valence-electron chi connectivity index (χ2n) is 4.82. The SMILES string of the molecule is CCOC(=O)/C(C1=NC(C(=O)OCC)CS1)=C(\O)c1ccccc1. The van der Waals surface area contributed by atoms with Crippen LogP contribution in [0, 0.1) is 0 Å². The predicted octanol–water partition coefficient (Wildman–Crippen LogP) is 2.60. The number of aliphatic imine (C=N–C) groups is 1. The van der Waals surface area contributed by atoms with Gasteiger partial charge >= 0.3 is 11.9 Å². The van der Waals surface area contributed by atoms with Gasteiger partial charge in [-0.2, -0.15) is 0 Å². The van der Waals surface area contributed by atoms with Gasteiger partial charge in [-0.05, 0) is 13.8 Å². The number of carbonyl (C=O) groups excluding carboxylic acids is 2. The second kappa shape index (κ2) is 8.54. The number of aliphatic hydroxyl groups excluding tert-OH is 1. The molecule has 0 aromatic heterocycles. The molecule has 1 aliphatic heterocycles. The number of esters is 2. The molecule has 24 heavy (non-hydrogen) atoms. The lowest BCUT2D eigenvalue weighted by Crippen LogP contribution is -2.21. The van der Waals surface area contributed by atoms with Crippen molar-refractivity contribution in [1.29, 1.82) is 0 Å². The third-order valence-corrected chi connectivity index (χ3v) is 4.25. The van der Waals surface area contributed by atoms with Gasteiger partial charge in [-0.1, -0.05) is 30.3 Å². The zero-order valence-corrected chi connectivity index (χ0v) is 14.3. The molecule has 1 N–H and O–H groups in total. The van der Waals surface area contributed by atoms with Gasteiger partial charge in [0.1, 0.15) is 16.4 Å². The quantitative estimate of drug-likeness (QED) is 0.483. The van der Waals surface area contributed by atoms with Gasteiger partial charge in [0.25, 0.3) is 0 Å². The number of hydrogen-bond acceptors (Lipinski definition) is 7. The molecule has 0 radical (unpaired) electrons. The van der Waals surface area contributed by atoms with Crippen LogP contribution in [0.15, 0.2) is 40.9 Å². The summed E-state index contributed by atoms with van der Waals surface area (Å²) in [7, 11) is 0. The minimum atomic E-state index is -0.682. The monoisotopic (exact) mass is 349 g/mol. The molecule has 0 fully saturated rings. The Bertz CT molecular complexity index is 669. The highest BCUT2D eigenvalue weighted by Gasteiger charge is 2.32. The standard InChI is InChI=1S/C17H19NO5S/c1-3-22-16(20)12-10-24-15(18-12)13(17(21)23-4-2)14(19)11-8-6-5-7-9-11/h5-9,12,19H,3-4,10H2,1-2H3/b14-13-. The molecule has 0 amide bonds. The molecule has 1 aromatic rings. The summed E-state index contributed by atoms with van der Waals surface area (Å²) in [5.74, 6) is -0.971. The molecule has 0 bridgehead atoms. The molecule has 1 heterocycles. The smallest absolute Gasteiger partial charge is 0.344 e. The predicted molar refractivity (Wildman–Crippen MR) is 92.9 cm³/mol. The Morgan fingerprint density at radius 2 is 1.88 bits per heavy atom. The summed E-state index contributed by atoms with van der Waals surface area (Å²) in [6.45, 7) is 3.83. The fourth-order valence-electron chi connectivity index (χ4n) is 2.10. The van der Waals surface area contributed by atoms with E-state index in [4.69, 9.17) is 9.47 Å². The van der Waals surface area contributed by atoms with E-state index >= 15 is 0 Å². The minimum Gasteiger partial charge on any atom is -0.506 e. The van der Waals surface area contributed by atoms with Crippen LogP contribution in [-0.4, -0.2) is 47.1 Å².